The summed E-state index contributed by atoms with van der Waals surface area (Å²) in [5.74, 6) is -0.134. The van der Waals surface area contributed by atoms with Gasteiger partial charge >= 0.3 is 6.09 Å². The lowest BCUT2D eigenvalue weighted by Crippen LogP contribution is -2.57. The number of carbonyl (C=O) groups is 2. The van der Waals surface area contributed by atoms with E-state index < -0.39 is 12.1 Å². The van der Waals surface area contributed by atoms with Crippen molar-refractivity contribution in [3.05, 3.63) is 0 Å². The van der Waals surface area contributed by atoms with Gasteiger partial charge in [0.25, 0.3) is 0 Å². The molecule has 2 amide bonds. The van der Waals surface area contributed by atoms with Crippen LogP contribution >= 0.6 is 0 Å². The van der Waals surface area contributed by atoms with Crippen LogP contribution in [0, 0.1) is 0 Å². The summed E-state index contributed by atoms with van der Waals surface area (Å²) in [6, 6.07) is -0.292. The normalized spacial score (nSPS) is 33.1. The maximum atomic E-state index is 12.3. The van der Waals surface area contributed by atoms with E-state index in [1.165, 1.54) is 0 Å². The third-order valence-electron chi connectivity index (χ3n) is 4.44. The van der Waals surface area contributed by atoms with E-state index in [0.717, 1.165) is 19.3 Å². The minimum absolute atomic E-state index is 0.0195. The minimum Gasteiger partial charge on any atom is -0.465 e. The van der Waals surface area contributed by atoms with Crippen molar-refractivity contribution in [1.29, 1.82) is 0 Å². The summed E-state index contributed by atoms with van der Waals surface area (Å²) in [7, 11) is 0. The molecule has 2 aliphatic rings. The number of rotatable bonds is 3. The van der Waals surface area contributed by atoms with Gasteiger partial charge in [-0.15, -0.1) is 0 Å². The van der Waals surface area contributed by atoms with E-state index >= 15 is 0 Å². The minimum atomic E-state index is -1.15. The predicted molar refractivity (Wildman–Crippen MR) is 83.6 cm³/mol. The standard InChI is InChI=1S/C15H28N4O3/c1-15(2,3)18-9-4-5-12(10(16)8-9)19-7-6-11(13(19)20)17-14(21)22/h9-12,17-18H,4-8,16H2,1-3H3,(H,21,22)/t9-,10+,11+,12+/m1/s1. The summed E-state index contributed by atoms with van der Waals surface area (Å²) in [6.45, 7) is 6.99. The van der Waals surface area contributed by atoms with Crippen LogP contribution in [-0.4, -0.2) is 58.3 Å². The Kier molecular flexibility index (Phi) is 4.97. The van der Waals surface area contributed by atoms with Gasteiger partial charge in [0, 0.05) is 30.2 Å². The highest BCUT2D eigenvalue weighted by Gasteiger charge is 2.41. The first-order chi connectivity index (χ1) is 10.2. The first kappa shape index (κ1) is 17.0. The van der Waals surface area contributed by atoms with E-state index in [1.54, 1.807) is 4.90 Å². The highest BCUT2D eigenvalue weighted by atomic mass is 16.4. The molecule has 5 N–H and O–H groups in total. The zero-order valence-electron chi connectivity index (χ0n) is 13.6. The summed E-state index contributed by atoms with van der Waals surface area (Å²) in [5.41, 5.74) is 6.36. The van der Waals surface area contributed by atoms with Crippen molar-refractivity contribution in [1.82, 2.24) is 15.5 Å². The molecule has 126 valence electrons. The summed E-state index contributed by atoms with van der Waals surface area (Å²) < 4.78 is 0. The van der Waals surface area contributed by atoms with Crippen molar-refractivity contribution in [2.75, 3.05) is 6.54 Å². The highest BCUT2D eigenvalue weighted by molar-refractivity contribution is 5.87. The molecule has 2 fully saturated rings. The number of nitrogens with one attached hydrogen (secondary N) is 2. The van der Waals surface area contributed by atoms with Crippen molar-refractivity contribution >= 4 is 12.0 Å². The van der Waals surface area contributed by atoms with Gasteiger partial charge in [-0.2, -0.15) is 0 Å². The van der Waals surface area contributed by atoms with Crippen molar-refractivity contribution in [2.24, 2.45) is 5.73 Å². The van der Waals surface area contributed by atoms with E-state index in [2.05, 4.69) is 31.4 Å². The van der Waals surface area contributed by atoms with E-state index in [0.29, 0.717) is 19.0 Å². The summed E-state index contributed by atoms with van der Waals surface area (Å²) >= 11 is 0. The van der Waals surface area contributed by atoms with E-state index in [-0.39, 0.29) is 23.5 Å². The zero-order chi connectivity index (χ0) is 16.5. The van der Waals surface area contributed by atoms with E-state index in [9.17, 15) is 9.59 Å². The SMILES string of the molecule is CC(C)(C)N[C@@H]1CC[C@H](N2CC[C@H](NC(=O)O)C2=O)[C@@H](N)C1. The second-order valence-corrected chi connectivity index (χ2v) is 7.46. The molecule has 2 rings (SSSR count). The lowest BCUT2D eigenvalue weighted by Gasteiger charge is -2.41. The third-order valence-corrected chi connectivity index (χ3v) is 4.44. The van der Waals surface area contributed by atoms with Crippen molar-refractivity contribution in [3.8, 4) is 0 Å². The van der Waals surface area contributed by atoms with Gasteiger partial charge < -0.3 is 26.4 Å². The third kappa shape index (κ3) is 4.10. The van der Waals surface area contributed by atoms with Gasteiger partial charge in [0.05, 0.1) is 0 Å². The molecule has 7 heteroatoms. The number of hydrogen-bond acceptors (Lipinski definition) is 4. The molecule has 0 radical (unpaired) electrons. The predicted octanol–water partition coefficient (Wildman–Crippen LogP) is 0.491. The van der Waals surface area contributed by atoms with Crippen LogP contribution in [0.4, 0.5) is 4.79 Å². The number of nitrogens with zero attached hydrogens (tertiary/aromatic N) is 1. The molecule has 0 bridgehead atoms. The van der Waals surface area contributed by atoms with Crippen LogP contribution in [0.15, 0.2) is 0 Å². The van der Waals surface area contributed by atoms with Crippen LogP contribution in [0.2, 0.25) is 0 Å². The molecule has 0 aromatic carbocycles. The molecule has 1 aliphatic carbocycles. The van der Waals surface area contributed by atoms with Crippen LogP contribution in [0.1, 0.15) is 46.5 Å². The van der Waals surface area contributed by atoms with Crippen LogP contribution < -0.4 is 16.4 Å². The fourth-order valence-corrected chi connectivity index (χ4v) is 3.63. The lowest BCUT2D eigenvalue weighted by molar-refractivity contribution is -0.132. The van der Waals surface area contributed by atoms with Crippen LogP contribution in [0.5, 0.6) is 0 Å². The number of nitrogens with two attached hydrogens (primary N) is 1. The van der Waals surface area contributed by atoms with Crippen LogP contribution in [-0.2, 0) is 4.79 Å². The Morgan fingerprint density at radius 3 is 2.55 bits per heavy atom. The molecule has 0 aromatic heterocycles. The van der Waals surface area contributed by atoms with Gasteiger partial charge in [0.1, 0.15) is 6.04 Å². The number of hydrogen-bond donors (Lipinski definition) is 4. The average molecular weight is 312 g/mol. The first-order valence-electron chi connectivity index (χ1n) is 8.00. The largest absolute Gasteiger partial charge is 0.465 e. The Bertz CT molecular complexity index is 435. The fourth-order valence-electron chi connectivity index (χ4n) is 3.63. The Labute approximate surface area is 131 Å². The number of carbonyl (C=O) groups excluding carboxylic acids is 1. The lowest BCUT2D eigenvalue weighted by atomic mass is 9.85. The highest BCUT2D eigenvalue weighted by Crippen LogP contribution is 2.27. The Balaban J connectivity index is 1.92. The van der Waals surface area contributed by atoms with Crippen LogP contribution in [0.25, 0.3) is 0 Å². The Morgan fingerprint density at radius 1 is 1.32 bits per heavy atom. The van der Waals surface area contributed by atoms with Gasteiger partial charge in [-0.25, -0.2) is 4.79 Å². The molecule has 22 heavy (non-hydrogen) atoms. The van der Waals surface area contributed by atoms with E-state index in [1.807, 2.05) is 0 Å². The first-order valence-corrected chi connectivity index (χ1v) is 8.00. The maximum absolute atomic E-state index is 12.3. The number of likely N-dealkylation sites (tertiary alicyclic amines) is 1. The summed E-state index contributed by atoms with van der Waals surface area (Å²) in [6.07, 6.45) is 2.06. The topological polar surface area (TPSA) is 108 Å². The van der Waals surface area contributed by atoms with Crippen molar-refractivity contribution < 1.29 is 14.7 Å². The molecule has 1 heterocycles. The van der Waals surface area contributed by atoms with Crippen LogP contribution in [0.3, 0.4) is 0 Å². The molecule has 0 spiro atoms. The molecule has 1 saturated heterocycles. The van der Waals surface area contributed by atoms with Gasteiger partial charge in [-0.05, 0) is 46.5 Å². The molecular formula is C15H28N4O3. The monoisotopic (exact) mass is 312 g/mol. The quantitative estimate of drug-likeness (QED) is 0.607. The van der Waals surface area contributed by atoms with Gasteiger partial charge in [-0.1, -0.05) is 0 Å². The Hall–Kier alpha value is -1.34. The zero-order valence-corrected chi connectivity index (χ0v) is 13.6. The average Bonchev–Trinajstić information content (AvgIpc) is 2.69. The van der Waals surface area contributed by atoms with Gasteiger partial charge in [0.2, 0.25) is 5.91 Å². The fraction of sp³-hybridized carbons (Fsp3) is 0.867. The number of amides is 2. The molecule has 1 aliphatic heterocycles. The second-order valence-electron chi connectivity index (χ2n) is 7.46. The molecule has 1 saturated carbocycles. The van der Waals surface area contributed by atoms with Gasteiger partial charge in [0.15, 0.2) is 0 Å². The molecule has 0 unspecified atom stereocenters. The molecule has 4 atom stereocenters. The smallest absolute Gasteiger partial charge is 0.405 e. The van der Waals surface area contributed by atoms with Gasteiger partial charge in [-0.3, -0.25) is 4.79 Å². The van der Waals surface area contributed by atoms with E-state index in [4.69, 9.17) is 10.8 Å². The molecular weight excluding hydrogens is 284 g/mol. The second kappa shape index (κ2) is 6.42. The number of carboxylic acid groups (broad SMARTS) is 1. The summed E-state index contributed by atoms with van der Waals surface area (Å²) in [5, 5.41) is 14.6. The molecule has 7 nitrogen and oxygen atoms in total. The Morgan fingerprint density at radius 2 is 2.00 bits per heavy atom. The van der Waals surface area contributed by atoms with Crippen molar-refractivity contribution in [2.45, 2.75) is 76.2 Å². The van der Waals surface area contributed by atoms with Crippen molar-refractivity contribution in [3.63, 3.8) is 0 Å². The molecule has 0 aromatic rings. The summed E-state index contributed by atoms with van der Waals surface area (Å²) in [4.78, 5) is 24.8. The maximum Gasteiger partial charge on any atom is 0.405 e.